The van der Waals surface area contributed by atoms with Gasteiger partial charge in [0, 0.05) is 64.4 Å². The first kappa shape index (κ1) is 62.6. The van der Waals surface area contributed by atoms with E-state index in [4.69, 9.17) is 28.4 Å². The van der Waals surface area contributed by atoms with Crippen molar-refractivity contribution in [2.45, 2.75) is 187 Å². The second-order valence-electron chi connectivity index (χ2n) is 21.9. The van der Waals surface area contributed by atoms with Gasteiger partial charge in [-0.05, 0) is 102 Å². The third-order valence-corrected chi connectivity index (χ3v) is 16.2. The van der Waals surface area contributed by atoms with Gasteiger partial charge in [-0.25, -0.2) is 4.79 Å². The number of ketones is 3. The Morgan fingerprint density at radius 3 is 2.19 bits per heavy atom. The smallest absolute Gasteiger partial charge is 0.329 e. The molecule has 3 fully saturated rings. The van der Waals surface area contributed by atoms with E-state index in [9.17, 15) is 54.3 Å². The number of Topliss-reactive ketones (excluding diaryl/α,β-unsaturated/α-hetero) is 3. The summed E-state index contributed by atoms with van der Waals surface area (Å²) < 4.78 is 35.3. The predicted octanol–water partition coefficient (Wildman–Crippen LogP) is 4.69. The number of cyclic esters (lactones) is 1. The summed E-state index contributed by atoms with van der Waals surface area (Å²) in [5.41, 5.74) is -0.422. The van der Waals surface area contributed by atoms with E-state index in [1.165, 1.54) is 34.3 Å². The summed E-state index contributed by atoms with van der Waals surface area (Å²) in [5.74, 6) is -10.8. The molecule has 16 atom stereocenters. The van der Waals surface area contributed by atoms with Crippen LogP contribution in [-0.4, -0.2) is 167 Å². The second-order valence-corrected chi connectivity index (χ2v) is 21.9. The van der Waals surface area contributed by atoms with Gasteiger partial charge < -0.3 is 58.9 Å². The fourth-order valence-corrected chi connectivity index (χ4v) is 10.6. The molecule has 18 heteroatoms. The lowest BCUT2D eigenvalue weighted by atomic mass is 9.78. The molecule has 0 aromatic rings. The molecule has 4 rings (SSSR count). The van der Waals surface area contributed by atoms with E-state index in [1.54, 1.807) is 58.9 Å². The van der Waals surface area contributed by atoms with Crippen LogP contribution in [0.1, 0.15) is 126 Å². The number of fused-ring (bicyclic) bond motifs is 3. The van der Waals surface area contributed by atoms with E-state index >= 15 is 0 Å². The van der Waals surface area contributed by atoms with Gasteiger partial charge in [0.1, 0.15) is 41.7 Å². The number of nitrogens with zero attached hydrogens (tertiary/aromatic N) is 1. The first-order valence-electron chi connectivity index (χ1n) is 26.5. The predicted molar refractivity (Wildman–Crippen MR) is 273 cm³/mol. The highest BCUT2D eigenvalue weighted by Crippen LogP contribution is 2.38. The molecule has 1 saturated carbocycles. The number of aliphatic hydroxyl groups excluding tert-OH is 4. The molecule has 3 heterocycles. The fraction of sp³-hybridized carbons (Fsp3) is 0.750. The van der Waals surface area contributed by atoms with Crippen LogP contribution in [0.5, 0.6) is 0 Å². The van der Waals surface area contributed by atoms with Gasteiger partial charge in [0.15, 0.2) is 5.78 Å². The molecule has 2 bridgehead atoms. The molecule has 1 amide bonds. The summed E-state index contributed by atoms with van der Waals surface area (Å²) in [6.07, 6.45) is 6.79. The van der Waals surface area contributed by atoms with Crippen molar-refractivity contribution in [1.82, 2.24) is 4.90 Å². The van der Waals surface area contributed by atoms with Crippen molar-refractivity contribution in [2.75, 3.05) is 41.1 Å². The van der Waals surface area contributed by atoms with Crippen molar-refractivity contribution in [2.24, 2.45) is 40.9 Å². The van der Waals surface area contributed by atoms with Gasteiger partial charge in [-0.15, -0.1) is 0 Å². The number of carbonyl (C=O) groups is 6. The molecule has 0 aromatic heterocycles. The number of esters is 2. The summed E-state index contributed by atoms with van der Waals surface area (Å²) >= 11 is 0. The van der Waals surface area contributed by atoms with Gasteiger partial charge >= 0.3 is 11.9 Å². The van der Waals surface area contributed by atoms with Gasteiger partial charge in [-0.3, -0.25) is 24.0 Å². The largest absolute Gasteiger partial charge is 0.460 e. The number of hydrogen-bond acceptors (Lipinski definition) is 17. The van der Waals surface area contributed by atoms with Crippen molar-refractivity contribution in [1.29, 1.82) is 0 Å². The highest BCUT2D eigenvalue weighted by molar-refractivity contribution is 6.39. The molecule has 5 N–H and O–H groups in total. The normalized spacial score (nSPS) is 38.1. The highest BCUT2D eigenvalue weighted by Gasteiger charge is 2.53. The van der Waals surface area contributed by atoms with E-state index in [1.807, 2.05) is 19.9 Å². The van der Waals surface area contributed by atoms with Crippen LogP contribution >= 0.6 is 0 Å². The Morgan fingerprint density at radius 1 is 0.865 bits per heavy atom. The first-order chi connectivity index (χ1) is 34.9. The SMILES string of the molecule is CO[C@H]1CC2CC[C@@H](C)[C@@](O)(O2)C(=O)C(=O)N2CCCC[C@H]2C(=O)O[C@H]([C@H](C)C[C@@H]2CC[C@@H](OC(=O)C(C)(CO)CO)[C@H](OC)C2)CC(=O)[C@H](C)/C=C(\C)C(O)[C@@H](OC)C(=O)[C@H](C)C(O)[C@H](C)/C=C/C=C/C=C/1C. The number of amides is 1. The fourth-order valence-electron chi connectivity index (χ4n) is 10.6. The van der Waals surface area contributed by atoms with Crippen molar-refractivity contribution in [3.63, 3.8) is 0 Å². The average Bonchev–Trinajstić information content (AvgIpc) is 3.39. The van der Waals surface area contributed by atoms with Crippen LogP contribution in [0.15, 0.2) is 47.6 Å². The van der Waals surface area contributed by atoms with Crippen molar-refractivity contribution in [3.05, 3.63) is 47.6 Å². The Labute approximate surface area is 437 Å². The molecule has 418 valence electrons. The molecular formula is C56H87NO17. The number of methoxy groups -OCH3 is 3. The molecule has 0 spiro atoms. The van der Waals surface area contributed by atoms with E-state index in [2.05, 4.69) is 0 Å². The van der Waals surface area contributed by atoms with Crippen molar-refractivity contribution >= 4 is 35.2 Å². The lowest BCUT2D eigenvalue weighted by molar-refractivity contribution is -0.265. The van der Waals surface area contributed by atoms with Crippen molar-refractivity contribution in [3.8, 4) is 0 Å². The minimum absolute atomic E-state index is 0.0306. The molecule has 3 unspecified atom stereocenters. The Hall–Kier alpha value is -3.98. The third kappa shape index (κ3) is 15.6. The first-order valence-corrected chi connectivity index (χ1v) is 26.5. The average molecular weight is 1050 g/mol. The van der Waals surface area contributed by atoms with Crippen LogP contribution in [-0.2, 0) is 57.2 Å². The second kappa shape index (κ2) is 28.4. The van der Waals surface area contributed by atoms with Crippen LogP contribution in [0, 0.1) is 40.9 Å². The Morgan fingerprint density at radius 2 is 1.55 bits per heavy atom. The molecule has 18 nitrogen and oxygen atoms in total. The summed E-state index contributed by atoms with van der Waals surface area (Å²) in [6.45, 7) is 12.1. The van der Waals surface area contributed by atoms with Crippen LogP contribution in [0.25, 0.3) is 0 Å². The van der Waals surface area contributed by atoms with E-state index < -0.39 is 138 Å². The number of allylic oxidation sites excluding steroid dienone is 5. The summed E-state index contributed by atoms with van der Waals surface area (Å²) in [6, 6.07) is -1.22. The van der Waals surface area contributed by atoms with Crippen LogP contribution in [0.2, 0.25) is 0 Å². The molecular weight excluding hydrogens is 959 g/mol. The van der Waals surface area contributed by atoms with Crippen LogP contribution in [0.3, 0.4) is 0 Å². The zero-order valence-electron chi connectivity index (χ0n) is 45.6. The maximum atomic E-state index is 14.5. The number of aliphatic hydroxyl groups is 5. The summed E-state index contributed by atoms with van der Waals surface area (Å²) in [7, 11) is 4.32. The standard InChI is InChI=1S/C56H87NO17/c1-32-17-13-12-14-18-33(2)47(61)38(7)49(63)50(71-11)48(62)36(5)25-34(3)42(60)29-45(35(4)26-39-21-23-43(46(27-39)70-10)73-54(67)55(8,30-58)31-59)72-53(66)41-19-15-16-24-57(41)52(65)51(64)56(68)37(6)20-22-40(74-56)28-44(32)69-9/h12-14,17-18,25,33-35,37-41,43-48,50,58-59,61-62,68H,15-16,19-24,26-31H2,1-11H3/b13-12+,18-14+,32-17+,36-25+/t33-,34-,35-,37-,38-,39+,40?,41+,43-,44+,45+,46-,47?,48?,50-,56-/m1/s1. The lowest BCUT2D eigenvalue weighted by Gasteiger charge is -2.42. The molecule has 0 aromatic carbocycles. The number of carbonyl (C=O) groups excluding carboxylic acids is 6. The van der Waals surface area contributed by atoms with Gasteiger partial charge in [-0.2, -0.15) is 0 Å². The zero-order valence-corrected chi connectivity index (χ0v) is 45.6. The molecule has 3 aliphatic heterocycles. The topological polar surface area (TPSA) is 262 Å². The van der Waals surface area contributed by atoms with Crippen LogP contribution in [0.4, 0.5) is 0 Å². The van der Waals surface area contributed by atoms with E-state index in [0.29, 0.717) is 51.4 Å². The van der Waals surface area contributed by atoms with E-state index in [0.717, 1.165) is 10.5 Å². The maximum absolute atomic E-state index is 14.5. The minimum atomic E-state index is -2.49. The zero-order chi connectivity index (χ0) is 55.2. The van der Waals surface area contributed by atoms with Crippen LogP contribution < -0.4 is 0 Å². The quantitative estimate of drug-likeness (QED) is 0.113. The molecule has 74 heavy (non-hydrogen) atoms. The summed E-state index contributed by atoms with van der Waals surface area (Å²) in [4.78, 5) is 85.5. The number of ether oxygens (including phenoxy) is 6. The Kier molecular flexibility index (Phi) is 24.0. The monoisotopic (exact) mass is 1050 g/mol. The lowest BCUT2D eigenvalue weighted by Crippen LogP contribution is -2.61. The van der Waals surface area contributed by atoms with Gasteiger partial charge in [0.25, 0.3) is 11.7 Å². The Balaban J connectivity index is 1.71. The highest BCUT2D eigenvalue weighted by atomic mass is 16.6. The number of piperidine rings is 1. The molecule has 0 radical (unpaired) electrons. The third-order valence-electron chi connectivity index (χ3n) is 16.2. The molecule has 1 aliphatic carbocycles. The number of rotatable bonds is 10. The molecule has 2 saturated heterocycles. The van der Waals surface area contributed by atoms with Gasteiger partial charge in [0.2, 0.25) is 5.79 Å². The maximum Gasteiger partial charge on any atom is 0.329 e. The minimum Gasteiger partial charge on any atom is -0.460 e. The Bertz CT molecular complexity index is 2050. The van der Waals surface area contributed by atoms with Gasteiger partial charge in [0.05, 0.1) is 37.6 Å². The van der Waals surface area contributed by atoms with Crippen molar-refractivity contribution < 1.29 is 82.7 Å². The molecule has 4 aliphatic rings. The summed E-state index contributed by atoms with van der Waals surface area (Å²) in [5, 5.41) is 54.4. The number of hydrogen-bond donors (Lipinski definition) is 5. The van der Waals surface area contributed by atoms with E-state index in [-0.39, 0.29) is 43.1 Å². The van der Waals surface area contributed by atoms with Gasteiger partial charge in [-0.1, -0.05) is 71.1 Å².